The van der Waals surface area contributed by atoms with Gasteiger partial charge in [0, 0.05) is 17.7 Å². The summed E-state index contributed by atoms with van der Waals surface area (Å²) in [5.41, 5.74) is 3.02. The molecular formula is C18H14N2O2. The molecule has 0 saturated heterocycles. The average molecular weight is 290 g/mol. The molecule has 4 rings (SSSR count). The number of aryl methyl sites for hydroxylation is 2. The van der Waals surface area contributed by atoms with E-state index in [1.807, 2.05) is 49.4 Å². The van der Waals surface area contributed by atoms with E-state index in [2.05, 4.69) is 4.99 Å². The zero-order valence-corrected chi connectivity index (χ0v) is 12.3. The molecular weight excluding hydrogens is 276 g/mol. The van der Waals surface area contributed by atoms with Crippen LogP contribution >= 0.6 is 0 Å². The summed E-state index contributed by atoms with van der Waals surface area (Å²) < 4.78 is 1.70. The first-order valence-corrected chi connectivity index (χ1v) is 7.08. The van der Waals surface area contributed by atoms with Gasteiger partial charge in [-0.3, -0.25) is 4.79 Å². The maximum absolute atomic E-state index is 12.4. The summed E-state index contributed by atoms with van der Waals surface area (Å²) in [6.07, 6.45) is 0. The Balaban J connectivity index is 2.22. The van der Waals surface area contributed by atoms with Crippen LogP contribution in [0.5, 0.6) is 5.88 Å². The first-order chi connectivity index (χ1) is 10.6. The number of aromatic nitrogens is 1. The molecule has 108 valence electrons. The molecule has 0 aliphatic carbocycles. The highest BCUT2D eigenvalue weighted by Gasteiger charge is 2.26. The topological polar surface area (TPSA) is 54.6 Å². The molecule has 0 fully saturated rings. The molecule has 2 heterocycles. The predicted molar refractivity (Wildman–Crippen MR) is 84.1 cm³/mol. The minimum atomic E-state index is -0.300. The number of amides is 1. The Morgan fingerprint density at radius 2 is 1.91 bits per heavy atom. The number of carbonyl (C=O) groups is 1. The van der Waals surface area contributed by atoms with E-state index in [4.69, 9.17) is 0 Å². The number of para-hydroxylation sites is 1. The van der Waals surface area contributed by atoms with Crippen molar-refractivity contribution >= 4 is 22.4 Å². The third-order valence-corrected chi connectivity index (χ3v) is 4.18. The molecule has 2 aromatic carbocycles. The van der Waals surface area contributed by atoms with E-state index in [-0.39, 0.29) is 11.8 Å². The van der Waals surface area contributed by atoms with Gasteiger partial charge in [0.05, 0.1) is 22.0 Å². The Morgan fingerprint density at radius 3 is 2.73 bits per heavy atom. The molecule has 4 nitrogen and oxygen atoms in total. The van der Waals surface area contributed by atoms with Crippen LogP contribution in [0.25, 0.3) is 16.5 Å². The van der Waals surface area contributed by atoms with Crippen molar-refractivity contribution in [2.24, 2.45) is 12.0 Å². The van der Waals surface area contributed by atoms with Gasteiger partial charge in [-0.05, 0) is 25.1 Å². The molecule has 4 heteroatoms. The number of carbonyl (C=O) groups excluding carboxylic acids is 1. The van der Waals surface area contributed by atoms with Gasteiger partial charge in [0.15, 0.2) is 5.88 Å². The quantitative estimate of drug-likeness (QED) is 0.739. The molecule has 22 heavy (non-hydrogen) atoms. The summed E-state index contributed by atoms with van der Waals surface area (Å²) in [5, 5.41) is 12.9. The van der Waals surface area contributed by atoms with Crippen molar-refractivity contribution in [1.29, 1.82) is 0 Å². The minimum Gasteiger partial charge on any atom is -0.494 e. The molecule has 0 radical (unpaired) electrons. The van der Waals surface area contributed by atoms with Crippen molar-refractivity contribution in [2.75, 3.05) is 0 Å². The van der Waals surface area contributed by atoms with Crippen molar-refractivity contribution in [3.63, 3.8) is 0 Å². The van der Waals surface area contributed by atoms with Gasteiger partial charge in [-0.1, -0.05) is 29.8 Å². The van der Waals surface area contributed by atoms with Crippen LogP contribution in [0.4, 0.5) is 0 Å². The number of hydrogen-bond acceptors (Lipinski definition) is 2. The fourth-order valence-electron chi connectivity index (χ4n) is 3.10. The molecule has 0 bridgehead atoms. The monoisotopic (exact) mass is 290 g/mol. The van der Waals surface area contributed by atoms with E-state index in [1.165, 1.54) is 0 Å². The van der Waals surface area contributed by atoms with Crippen molar-refractivity contribution < 1.29 is 9.90 Å². The Labute approximate surface area is 126 Å². The average Bonchev–Trinajstić information content (AvgIpc) is 2.94. The van der Waals surface area contributed by atoms with Crippen LogP contribution in [0.3, 0.4) is 0 Å². The predicted octanol–water partition coefficient (Wildman–Crippen LogP) is 1.55. The molecule has 1 aliphatic heterocycles. The largest absolute Gasteiger partial charge is 0.494 e. The van der Waals surface area contributed by atoms with Crippen LogP contribution in [0.15, 0.2) is 47.5 Å². The standard InChI is InChI=1S/C18H14N2O2/c1-10-7-8-14-12(9-10)16(18(22)20(14)2)15-11-5-3-4-6-13(11)19-17(15)21/h3-9,22H,1-2H3. The lowest BCUT2D eigenvalue weighted by Crippen LogP contribution is -2.22. The summed E-state index contributed by atoms with van der Waals surface area (Å²) in [7, 11) is 1.79. The zero-order valence-electron chi connectivity index (χ0n) is 12.3. The van der Waals surface area contributed by atoms with E-state index in [0.717, 1.165) is 21.7 Å². The third-order valence-electron chi connectivity index (χ3n) is 4.18. The molecule has 1 N–H and O–H groups in total. The van der Waals surface area contributed by atoms with Gasteiger partial charge >= 0.3 is 0 Å². The lowest BCUT2D eigenvalue weighted by atomic mass is 10.0. The Bertz CT molecular complexity index is 1070. The normalized spacial score (nSPS) is 13.5. The van der Waals surface area contributed by atoms with E-state index < -0.39 is 0 Å². The molecule has 0 unspecified atom stereocenters. The van der Waals surface area contributed by atoms with Crippen molar-refractivity contribution in [2.45, 2.75) is 6.92 Å². The van der Waals surface area contributed by atoms with Crippen LogP contribution in [0.2, 0.25) is 0 Å². The van der Waals surface area contributed by atoms with E-state index >= 15 is 0 Å². The van der Waals surface area contributed by atoms with Gasteiger partial charge in [-0.2, -0.15) is 0 Å². The van der Waals surface area contributed by atoms with Gasteiger partial charge in [0.2, 0.25) is 0 Å². The van der Waals surface area contributed by atoms with Crippen molar-refractivity contribution in [3.8, 4) is 5.88 Å². The maximum atomic E-state index is 12.4. The van der Waals surface area contributed by atoms with Crippen LogP contribution in [0, 0.1) is 6.92 Å². The number of hydrogen-bond donors (Lipinski definition) is 1. The highest BCUT2D eigenvalue weighted by atomic mass is 16.3. The zero-order chi connectivity index (χ0) is 15.4. The Morgan fingerprint density at radius 1 is 1.14 bits per heavy atom. The minimum absolute atomic E-state index is 0.0934. The lowest BCUT2D eigenvalue weighted by Gasteiger charge is -2.01. The number of fused-ring (bicyclic) bond motifs is 2. The highest BCUT2D eigenvalue weighted by Crippen LogP contribution is 2.35. The molecule has 1 aromatic heterocycles. The molecule has 0 spiro atoms. The van der Waals surface area contributed by atoms with E-state index in [1.54, 1.807) is 11.6 Å². The van der Waals surface area contributed by atoms with Gasteiger partial charge in [0.25, 0.3) is 5.91 Å². The van der Waals surface area contributed by atoms with E-state index in [0.29, 0.717) is 16.5 Å². The lowest BCUT2D eigenvalue weighted by molar-refractivity contribution is -0.112. The van der Waals surface area contributed by atoms with Crippen molar-refractivity contribution in [1.82, 2.24) is 4.57 Å². The van der Waals surface area contributed by atoms with Crippen LogP contribution < -0.4 is 10.6 Å². The fraction of sp³-hybridized carbons (Fsp3) is 0.111. The number of rotatable bonds is 1. The summed E-state index contributed by atoms with van der Waals surface area (Å²) >= 11 is 0. The second kappa shape index (κ2) is 4.31. The molecule has 0 saturated carbocycles. The summed E-state index contributed by atoms with van der Waals surface area (Å²) in [6.45, 7) is 1.99. The molecule has 1 aliphatic rings. The Kier molecular flexibility index (Phi) is 2.51. The fourth-order valence-corrected chi connectivity index (χ4v) is 3.10. The molecule has 0 atom stereocenters. The SMILES string of the molecule is Cc1ccc2c(c1)c(C1=c3ccccc3=NC1=O)c(O)n2C. The smallest absolute Gasteiger partial charge is 0.279 e. The van der Waals surface area contributed by atoms with E-state index in [9.17, 15) is 9.90 Å². The van der Waals surface area contributed by atoms with Crippen LogP contribution in [0.1, 0.15) is 11.1 Å². The summed E-state index contributed by atoms with van der Waals surface area (Å²) in [5.74, 6) is -0.207. The van der Waals surface area contributed by atoms with Gasteiger partial charge in [-0.25, -0.2) is 4.99 Å². The second-order valence-electron chi connectivity index (χ2n) is 5.59. The molecule has 1 amide bonds. The van der Waals surface area contributed by atoms with Crippen LogP contribution in [-0.4, -0.2) is 15.6 Å². The highest BCUT2D eigenvalue weighted by molar-refractivity contribution is 6.25. The number of aromatic hydroxyl groups is 1. The van der Waals surface area contributed by atoms with Gasteiger partial charge in [-0.15, -0.1) is 0 Å². The van der Waals surface area contributed by atoms with Crippen molar-refractivity contribution in [3.05, 3.63) is 64.2 Å². The second-order valence-corrected chi connectivity index (χ2v) is 5.59. The summed E-state index contributed by atoms with van der Waals surface area (Å²) in [6, 6.07) is 13.3. The van der Waals surface area contributed by atoms with Crippen LogP contribution in [-0.2, 0) is 11.8 Å². The first-order valence-electron chi connectivity index (χ1n) is 7.08. The van der Waals surface area contributed by atoms with Gasteiger partial charge in [0.1, 0.15) is 0 Å². The number of benzene rings is 2. The third kappa shape index (κ3) is 1.58. The van der Waals surface area contributed by atoms with Gasteiger partial charge < -0.3 is 9.67 Å². The summed E-state index contributed by atoms with van der Waals surface area (Å²) in [4.78, 5) is 16.5. The Hall–Kier alpha value is -2.88. The molecule has 3 aromatic rings. The number of nitrogens with zero attached hydrogens (tertiary/aromatic N) is 2. The maximum Gasteiger partial charge on any atom is 0.279 e. The first kappa shape index (κ1) is 12.8.